The first-order chi connectivity index (χ1) is 14.3. The molecule has 2 rings (SSSR count). The van der Waals surface area contributed by atoms with E-state index in [1.165, 1.54) is 0 Å². The molecule has 0 unspecified atom stereocenters. The van der Waals surface area contributed by atoms with Gasteiger partial charge in [0.05, 0.1) is 12.1 Å². The number of guanidine groups is 1. The summed E-state index contributed by atoms with van der Waals surface area (Å²) in [6, 6.07) is 4.09. The Morgan fingerprint density at radius 2 is 1.83 bits per heavy atom. The van der Waals surface area contributed by atoms with Crippen LogP contribution in [0.3, 0.4) is 0 Å². The summed E-state index contributed by atoms with van der Waals surface area (Å²) in [5.41, 5.74) is -0.625. The van der Waals surface area contributed by atoms with Crippen LogP contribution in [0.4, 0.5) is 13.2 Å². The second-order valence-corrected chi connectivity index (χ2v) is 6.31. The first-order valence-corrected chi connectivity index (χ1v) is 9.69. The average Bonchev–Trinajstić information content (AvgIpc) is 3.18. The fraction of sp³-hybridized carbons (Fsp3) is 0.474. The molecule has 11 heteroatoms. The number of rotatable bonds is 9. The Balaban J connectivity index is 1.78. The largest absolute Gasteiger partial charge is 0.416 e. The van der Waals surface area contributed by atoms with Gasteiger partial charge in [-0.15, -0.1) is 10.2 Å². The van der Waals surface area contributed by atoms with Gasteiger partial charge >= 0.3 is 6.18 Å². The first-order valence-electron chi connectivity index (χ1n) is 9.69. The number of aryl methyl sites for hydroxylation is 1. The van der Waals surface area contributed by atoms with Gasteiger partial charge in [-0.05, 0) is 31.2 Å². The predicted molar refractivity (Wildman–Crippen MR) is 107 cm³/mol. The number of carbonyl (C=O) groups is 1. The molecular weight excluding hydrogens is 399 g/mol. The number of aliphatic imine (C=N–C) groups is 1. The normalized spacial score (nSPS) is 12.0. The average molecular weight is 425 g/mol. The number of hydrogen-bond acceptors (Lipinski definition) is 4. The van der Waals surface area contributed by atoms with Crippen LogP contribution in [0, 0.1) is 0 Å². The van der Waals surface area contributed by atoms with Crippen molar-refractivity contribution in [3.63, 3.8) is 0 Å². The lowest BCUT2D eigenvalue weighted by atomic mass is 10.1. The standard InChI is InChI=1S/C19H26F3N7O/c1-3-16-28-27-13-29(16)12-11-26-18(23-4-2)25-10-9-24-17(30)14-5-7-15(8-6-14)19(20,21)22/h5-8,13H,3-4,9-12H2,1-2H3,(H,24,30)(H2,23,25,26). The van der Waals surface area contributed by atoms with Crippen molar-refractivity contribution in [2.24, 2.45) is 4.99 Å². The molecule has 3 N–H and O–H groups in total. The number of amides is 1. The lowest BCUT2D eigenvalue weighted by Crippen LogP contribution is -2.39. The van der Waals surface area contributed by atoms with E-state index in [1.807, 2.05) is 18.4 Å². The van der Waals surface area contributed by atoms with Crippen LogP contribution in [0.15, 0.2) is 35.6 Å². The molecule has 0 fully saturated rings. The van der Waals surface area contributed by atoms with E-state index in [0.717, 1.165) is 36.5 Å². The van der Waals surface area contributed by atoms with Crippen LogP contribution in [0.1, 0.15) is 35.6 Å². The van der Waals surface area contributed by atoms with Gasteiger partial charge < -0.3 is 20.5 Å². The SMILES string of the molecule is CCNC(=NCCNC(=O)c1ccc(C(F)(F)F)cc1)NCCn1cnnc1CC. The Morgan fingerprint density at radius 3 is 2.47 bits per heavy atom. The van der Waals surface area contributed by atoms with Crippen molar-refractivity contribution in [2.75, 3.05) is 26.2 Å². The maximum absolute atomic E-state index is 12.6. The number of halogens is 3. The molecule has 0 aliphatic carbocycles. The lowest BCUT2D eigenvalue weighted by Gasteiger charge is -2.12. The Labute approximate surface area is 173 Å². The van der Waals surface area contributed by atoms with Crippen LogP contribution in [-0.2, 0) is 19.1 Å². The summed E-state index contributed by atoms with van der Waals surface area (Å²) in [7, 11) is 0. The number of aromatic nitrogens is 3. The van der Waals surface area contributed by atoms with E-state index in [2.05, 4.69) is 31.1 Å². The number of nitrogens with one attached hydrogen (secondary N) is 3. The molecule has 1 amide bonds. The monoisotopic (exact) mass is 425 g/mol. The summed E-state index contributed by atoms with van der Waals surface area (Å²) in [6.07, 6.45) is -1.94. The molecule has 0 radical (unpaired) electrons. The summed E-state index contributed by atoms with van der Waals surface area (Å²) in [4.78, 5) is 16.4. The molecule has 0 spiro atoms. The third-order valence-electron chi connectivity index (χ3n) is 4.14. The van der Waals surface area contributed by atoms with Crippen molar-refractivity contribution >= 4 is 11.9 Å². The molecule has 1 heterocycles. The summed E-state index contributed by atoms with van der Waals surface area (Å²) in [5, 5.41) is 16.9. The fourth-order valence-corrected chi connectivity index (χ4v) is 2.63. The number of hydrogen-bond donors (Lipinski definition) is 3. The van der Waals surface area contributed by atoms with Crippen molar-refractivity contribution in [2.45, 2.75) is 33.0 Å². The quantitative estimate of drug-likeness (QED) is 0.324. The van der Waals surface area contributed by atoms with E-state index in [0.29, 0.717) is 32.1 Å². The van der Waals surface area contributed by atoms with Crippen LogP contribution in [0.2, 0.25) is 0 Å². The predicted octanol–water partition coefficient (Wildman–Crippen LogP) is 1.84. The molecule has 30 heavy (non-hydrogen) atoms. The van der Waals surface area contributed by atoms with Crippen molar-refractivity contribution in [1.82, 2.24) is 30.7 Å². The Morgan fingerprint density at radius 1 is 1.10 bits per heavy atom. The minimum absolute atomic E-state index is 0.165. The fourth-order valence-electron chi connectivity index (χ4n) is 2.63. The molecule has 0 aliphatic rings. The number of carbonyl (C=O) groups excluding carboxylic acids is 1. The lowest BCUT2D eigenvalue weighted by molar-refractivity contribution is -0.137. The van der Waals surface area contributed by atoms with Gasteiger partial charge in [0.25, 0.3) is 5.91 Å². The Hall–Kier alpha value is -3.11. The maximum Gasteiger partial charge on any atom is 0.416 e. The third kappa shape index (κ3) is 7.05. The van der Waals surface area contributed by atoms with Gasteiger partial charge in [-0.3, -0.25) is 9.79 Å². The topological polar surface area (TPSA) is 96.2 Å². The molecule has 0 aliphatic heterocycles. The third-order valence-corrected chi connectivity index (χ3v) is 4.14. The molecule has 1 aromatic heterocycles. The van der Waals surface area contributed by atoms with Gasteiger partial charge in [0.15, 0.2) is 5.96 Å². The maximum atomic E-state index is 12.6. The van der Waals surface area contributed by atoms with Crippen LogP contribution < -0.4 is 16.0 Å². The molecule has 2 aromatic rings. The minimum atomic E-state index is -4.42. The van der Waals surface area contributed by atoms with E-state index in [1.54, 1.807) is 6.33 Å². The second kappa shape index (κ2) is 11.2. The van der Waals surface area contributed by atoms with Crippen molar-refractivity contribution in [3.8, 4) is 0 Å². The molecule has 164 valence electrons. The number of benzene rings is 1. The summed E-state index contributed by atoms with van der Waals surface area (Å²) < 4.78 is 39.7. The van der Waals surface area contributed by atoms with Gasteiger partial charge in [0.1, 0.15) is 12.2 Å². The van der Waals surface area contributed by atoms with Gasteiger partial charge in [-0.1, -0.05) is 6.92 Å². The number of alkyl halides is 3. The molecule has 1 aromatic carbocycles. The molecule has 0 atom stereocenters. The molecule has 8 nitrogen and oxygen atoms in total. The summed E-state index contributed by atoms with van der Waals surface area (Å²) >= 11 is 0. The number of nitrogens with zero attached hydrogens (tertiary/aromatic N) is 4. The van der Waals surface area contributed by atoms with E-state index in [-0.39, 0.29) is 12.1 Å². The zero-order valence-electron chi connectivity index (χ0n) is 17.0. The van der Waals surface area contributed by atoms with E-state index >= 15 is 0 Å². The Kier molecular flexibility index (Phi) is 8.63. The summed E-state index contributed by atoms with van der Waals surface area (Å²) in [5.74, 6) is 1.06. The highest BCUT2D eigenvalue weighted by molar-refractivity contribution is 5.94. The van der Waals surface area contributed by atoms with Crippen LogP contribution in [0.25, 0.3) is 0 Å². The van der Waals surface area contributed by atoms with Gasteiger partial charge in [-0.2, -0.15) is 13.2 Å². The van der Waals surface area contributed by atoms with E-state index in [9.17, 15) is 18.0 Å². The summed E-state index contributed by atoms with van der Waals surface area (Å²) in [6.45, 7) is 6.50. The van der Waals surface area contributed by atoms with Crippen LogP contribution >= 0.6 is 0 Å². The van der Waals surface area contributed by atoms with Crippen molar-refractivity contribution in [1.29, 1.82) is 0 Å². The van der Waals surface area contributed by atoms with E-state index < -0.39 is 17.6 Å². The van der Waals surface area contributed by atoms with E-state index in [4.69, 9.17) is 0 Å². The highest BCUT2D eigenvalue weighted by Gasteiger charge is 2.30. The zero-order chi connectivity index (χ0) is 22.0. The smallest absolute Gasteiger partial charge is 0.357 e. The van der Waals surface area contributed by atoms with Crippen LogP contribution in [0.5, 0.6) is 0 Å². The Bertz CT molecular complexity index is 831. The van der Waals surface area contributed by atoms with Gasteiger partial charge in [0, 0.05) is 38.2 Å². The second-order valence-electron chi connectivity index (χ2n) is 6.31. The van der Waals surface area contributed by atoms with Crippen molar-refractivity contribution in [3.05, 3.63) is 47.5 Å². The molecule has 0 saturated carbocycles. The first kappa shape index (κ1) is 23.2. The van der Waals surface area contributed by atoms with Gasteiger partial charge in [0.2, 0.25) is 0 Å². The minimum Gasteiger partial charge on any atom is -0.357 e. The molecular formula is C19H26F3N7O. The van der Waals surface area contributed by atoms with Gasteiger partial charge in [-0.25, -0.2) is 0 Å². The molecule has 0 saturated heterocycles. The van der Waals surface area contributed by atoms with Crippen molar-refractivity contribution < 1.29 is 18.0 Å². The van der Waals surface area contributed by atoms with Crippen LogP contribution in [-0.4, -0.2) is 52.8 Å². The highest BCUT2D eigenvalue weighted by Crippen LogP contribution is 2.29. The highest BCUT2D eigenvalue weighted by atomic mass is 19.4. The molecule has 0 bridgehead atoms. The zero-order valence-corrected chi connectivity index (χ0v) is 17.0.